The van der Waals surface area contributed by atoms with Crippen LogP contribution >= 0.6 is 0 Å². The SMILES string of the molecule is CN([Si](=O)CC1C=C2C(=C1)c1ccccc1Cc1ccccc12)C(C)(C)C.[CH3-].[CH3-].[Ti+2]. The fourth-order valence-corrected chi connectivity index (χ4v) is 5.70. The molecule has 0 aliphatic heterocycles. The Hall–Kier alpha value is -1.55. The predicted octanol–water partition coefficient (Wildman–Crippen LogP) is 6.23. The zero-order valence-corrected chi connectivity index (χ0v) is 21.7. The molecule has 0 unspecified atom stereocenters. The molecule has 2 nitrogen and oxygen atoms in total. The average molecular weight is 452 g/mol. The molecule has 0 spiro atoms. The van der Waals surface area contributed by atoms with Gasteiger partial charge in [-0.25, -0.2) is 0 Å². The molecule has 0 bridgehead atoms. The summed E-state index contributed by atoms with van der Waals surface area (Å²) in [6.07, 6.45) is 5.65. The van der Waals surface area contributed by atoms with Gasteiger partial charge >= 0.3 is 30.6 Å². The van der Waals surface area contributed by atoms with Crippen molar-refractivity contribution in [3.05, 3.63) is 97.8 Å². The minimum Gasteiger partial charge on any atom is -0.375 e. The molecule has 0 amide bonds. The van der Waals surface area contributed by atoms with Crippen LogP contribution < -0.4 is 0 Å². The molecule has 0 fully saturated rings. The molecular formula is C26H33NOSiTi. The Morgan fingerprint density at radius 2 is 1.33 bits per heavy atom. The summed E-state index contributed by atoms with van der Waals surface area (Å²) in [5, 5.41) is 0. The minimum absolute atomic E-state index is 0. The van der Waals surface area contributed by atoms with E-state index in [2.05, 4.69) is 81.5 Å². The number of hydrogen-bond donors (Lipinski definition) is 0. The monoisotopic (exact) mass is 451 g/mol. The van der Waals surface area contributed by atoms with Crippen LogP contribution in [0.15, 0.2) is 60.7 Å². The molecule has 2 aromatic carbocycles. The van der Waals surface area contributed by atoms with E-state index < -0.39 is 8.84 Å². The molecule has 0 radical (unpaired) electrons. The third kappa shape index (κ3) is 5.02. The Bertz CT molecular complexity index is 909. The molecule has 4 rings (SSSR count). The van der Waals surface area contributed by atoms with Gasteiger partial charge in [-0.05, 0) is 60.6 Å². The van der Waals surface area contributed by atoms with E-state index in [9.17, 15) is 4.46 Å². The van der Waals surface area contributed by atoms with Crippen molar-refractivity contribution in [1.29, 1.82) is 0 Å². The van der Waals surface area contributed by atoms with Crippen LogP contribution in [0.2, 0.25) is 6.04 Å². The smallest absolute Gasteiger partial charge is 0.375 e. The van der Waals surface area contributed by atoms with Crippen LogP contribution in [0.1, 0.15) is 43.0 Å². The number of rotatable bonds is 3. The number of benzene rings is 2. The van der Waals surface area contributed by atoms with E-state index in [0.717, 1.165) is 6.42 Å². The summed E-state index contributed by atoms with van der Waals surface area (Å²) >= 11 is 0. The Balaban J connectivity index is 0.00000150. The van der Waals surface area contributed by atoms with E-state index in [0.29, 0.717) is 6.04 Å². The number of fused-ring (bicyclic) bond motifs is 5. The Labute approximate surface area is 199 Å². The summed E-state index contributed by atoms with van der Waals surface area (Å²) in [4.78, 5) is 0. The molecule has 0 atom stereocenters. The second kappa shape index (κ2) is 10.2. The molecule has 0 saturated carbocycles. The fourth-order valence-electron chi connectivity index (χ4n) is 4.04. The van der Waals surface area contributed by atoms with E-state index in [1.807, 2.05) is 11.6 Å². The first-order valence-electron chi connectivity index (χ1n) is 9.72. The third-order valence-electron chi connectivity index (χ3n) is 5.84. The van der Waals surface area contributed by atoms with E-state index in [1.165, 1.54) is 33.4 Å². The molecular weight excluding hydrogens is 418 g/mol. The molecule has 2 aliphatic carbocycles. The summed E-state index contributed by atoms with van der Waals surface area (Å²) in [5.41, 5.74) is 7.96. The van der Waals surface area contributed by atoms with Crippen LogP contribution in [0.4, 0.5) is 0 Å². The number of hydrogen-bond acceptors (Lipinski definition) is 1. The second-order valence-corrected chi connectivity index (χ2v) is 10.5. The maximum absolute atomic E-state index is 13.0. The van der Waals surface area contributed by atoms with Crippen molar-refractivity contribution in [2.75, 3.05) is 7.05 Å². The first kappa shape index (κ1) is 26.5. The summed E-state index contributed by atoms with van der Waals surface area (Å²) in [7, 11) is 0.167. The summed E-state index contributed by atoms with van der Waals surface area (Å²) < 4.78 is 15.0. The van der Waals surface area contributed by atoms with Gasteiger partial charge in [0.2, 0.25) is 0 Å². The predicted molar refractivity (Wildman–Crippen MR) is 127 cm³/mol. The van der Waals surface area contributed by atoms with Crippen LogP contribution in [-0.2, 0) is 32.6 Å². The zero-order valence-electron chi connectivity index (χ0n) is 19.1. The van der Waals surface area contributed by atoms with Crippen LogP contribution in [-0.4, -0.2) is 26.0 Å². The largest absolute Gasteiger partial charge is 2.00 e. The molecule has 0 heterocycles. The molecule has 4 heteroatoms. The van der Waals surface area contributed by atoms with Crippen molar-refractivity contribution in [2.45, 2.75) is 38.8 Å². The molecule has 30 heavy (non-hydrogen) atoms. The summed E-state index contributed by atoms with van der Waals surface area (Å²) in [5.74, 6) is 0.227. The van der Waals surface area contributed by atoms with Crippen molar-refractivity contribution in [3.8, 4) is 0 Å². The van der Waals surface area contributed by atoms with Gasteiger partial charge in [-0.15, -0.1) is 0 Å². The van der Waals surface area contributed by atoms with Crippen LogP contribution in [0, 0.1) is 20.8 Å². The standard InChI is InChI=1S/C24H27NOSi.2CH3.Ti/c1-24(2,3)25(4)27(26)16-17-13-22-20-11-7-5-9-18(20)15-19-10-6-8-12-21(19)23(22)14-17;;;/h5-14,17H,15-16H2,1-4H3;2*1H3;/q;2*-1;+2. The van der Waals surface area contributed by atoms with E-state index in [-0.39, 0.29) is 48.0 Å². The molecule has 0 aromatic heterocycles. The van der Waals surface area contributed by atoms with Gasteiger partial charge in [0.05, 0.1) is 0 Å². The normalized spacial score (nSPS) is 14.3. The summed E-state index contributed by atoms with van der Waals surface area (Å²) in [6.45, 7) is 6.37. The van der Waals surface area contributed by atoms with Crippen LogP contribution in [0.3, 0.4) is 0 Å². The minimum atomic E-state index is -1.82. The molecule has 156 valence electrons. The Kier molecular flexibility index (Phi) is 8.98. The van der Waals surface area contributed by atoms with Gasteiger partial charge < -0.3 is 23.9 Å². The Morgan fingerprint density at radius 1 is 0.900 bits per heavy atom. The average Bonchev–Trinajstić information content (AvgIpc) is 2.99. The van der Waals surface area contributed by atoms with E-state index in [4.69, 9.17) is 0 Å². The van der Waals surface area contributed by atoms with Gasteiger partial charge in [0.1, 0.15) is 0 Å². The molecule has 0 saturated heterocycles. The number of allylic oxidation sites excluding steroid dienone is 4. The topological polar surface area (TPSA) is 20.3 Å². The zero-order chi connectivity index (χ0) is 19.2. The third-order valence-corrected chi connectivity index (χ3v) is 8.08. The molecule has 2 aromatic rings. The van der Waals surface area contributed by atoms with Crippen LogP contribution in [0.25, 0.3) is 11.1 Å². The fraction of sp³-hybridized carbons (Fsp3) is 0.308. The van der Waals surface area contributed by atoms with Gasteiger partial charge in [-0.3, -0.25) is 0 Å². The molecule has 0 N–H and O–H groups in total. The van der Waals surface area contributed by atoms with Crippen LogP contribution in [0.5, 0.6) is 0 Å². The first-order chi connectivity index (χ1) is 12.8. The quantitative estimate of drug-likeness (QED) is 0.407. The van der Waals surface area contributed by atoms with Crippen molar-refractivity contribution in [3.63, 3.8) is 0 Å². The van der Waals surface area contributed by atoms with Crippen molar-refractivity contribution in [1.82, 2.24) is 4.57 Å². The first-order valence-corrected chi connectivity index (χ1v) is 11.3. The second-order valence-electron chi connectivity index (χ2n) is 8.64. The van der Waals surface area contributed by atoms with Crippen molar-refractivity contribution >= 4 is 20.0 Å². The van der Waals surface area contributed by atoms with Gasteiger partial charge in [0.25, 0.3) is 0 Å². The van der Waals surface area contributed by atoms with E-state index in [1.54, 1.807) is 0 Å². The van der Waals surface area contributed by atoms with Gasteiger partial charge in [-0.1, -0.05) is 60.7 Å². The Morgan fingerprint density at radius 3 is 1.77 bits per heavy atom. The van der Waals surface area contributed by atoms with Crippen molar-refractivity contribution in [2.24, 2.45) is 5.92 Å². The van der Waals surface area contributed by atoms with Gasteiger partial charge in [0, 0.05) is 24.5 Å². The maximum Gasteiger partial charge on any atom is 2.00 e. The van der Waals surface area contributed by atoms with Gasteiger partial charge in [-0.2, -0.15) is 0 Å². The molecule has 2 aliphatic rings. The summed E-state index contributed by atoms with van der Waals surface area (Å²) in [6, 6.07) is 18.1. The van der Waals surface area contributed by atoms with E-state index >= 15 is 0 Å². The maximum atomic E-state index is 13.0. The number of nitrogens with zero attached hydrogens (tertiary/aromatic N) is 1. The van der Waals surface area contributed by atoms with Gasteiger partial charge in [0.15, 0.2) is 0 Å². The van der Waals surface area contributed by atoms with Crippen molar-refractivity contribution < 1.29 is 26.2 Å².